The fourth-order valence-corrected chi connectivity index (χ4v) is 4.13. The van der Waals surface area contributed by atoms with Gasteiger partial charge in [-0.15, -0.1) is 0 Å². The lowest BCUT2D eigenvalue weighted by atomic mass is 10.2. The molecule has 0 aromatic carbocycles. The van der Waals surface area contributed by atoms with Gasteiger partial charge in [-0.1, -0.05) is 0 Å². The van der Waals surface area contributed by atoms with Crippen molar-refractivity contribution in [2.24, 2.45) is 0 Å². The topological polar surface area (TPSA) is 99.3 Å². The largest absolute Gasteiger partial charge is 0.352 e. The smallest absolute Gasteiger partial charge is 0.247 e. The Morgan fingerprint density at radius 2 is 2.05 bits per heavy atom. The number of sulfonamides is 1. The molecule has 114 valence electrons. The fraction of sp³-hybridized carbons (Fsp3) is 0.538. The van der Waals surface area contributed by atoms with E-state index in [1.807, 2.05) is 0 Å². The summed E-state index contributed by atoms with van der Waals surface area (Å²) in [5, 5.41) is 2.86. The van der Waals surface area contributed by atoms with E-state index in [4.69, 9.17) is 0 Å². The van der Waals surface area contributed by atoms with Gasteiger partial charge < -0.3 is 10.3 Å². The molecule has 1 saturated carbocycles. The number of carbonyl (C=O) groups is 1. The van der Waals surface area contributed by atoms with Crippen molar-refractivity contribution in [3.63, 3.8) is 0 Å². The molecule has 1 unspecified atom stereocenters. The van der Waals surface area contributed by atoms with Crippen LogP contribution in [0.5, 0.6) is 0 Å². The number of aromatic nitrogens is 1. The maximum atomic E-state index is 12.6. The number of carbonyl (C=O) groups excluding carboxylic acids is 1. The lowest BCUT2D eigenvalue weighted by Gasteiger charge is -2.23. The molecule has 0 bridgehead atoms. The molecule has 8 heteroatoms. The Bertz CT molecular complexity index is 688. The summed E-state index contributed by atoms with van der Waals surface area (Å²) in [6, 6.07) is 1.99. The number of amides is 1. The van der Waals surface area contributed by atoms with Crippen molar-refractivity contribution in [1.29, 1.82) is 0 Å². The molecule has 2 heterocycles. The van der Waals surface area contributed by atoms with Gasteiger partial charge in [-0.05, 0) is 31.7 Å². The molecule has 3 rings (SSSR count). The number of nitrogens with zero attached hydrogens (tertiary/aromatic N) is 1. The van der Waals surface area contributed by atoms with Crippen LogP contribution >= 0.6 is 0 Å². The molecule has 2 N–H and O–H groups in total. The first-order valence-corrected chi connectivity index (χ1v) is 8.43. The van der Waals surface area contributed by atoms with E-state index in [1.165, 1.54) is 22.6 Å². The molecular weight excluding hydrogens is 294 g/mol. The molecule has 0 radical (unpaired) electrons. The average molecular weight is 311 g/mol. The average Bonchev–Trinajstić information content (AvgIpc) is 3.11. The van der Waals surface area contributed by atoms with Gasteiger partial charge in [-0.25, -0.2) is 8.42 Å². The van der Waals surface area contributed by atoms with Gasteiger partial charge in [0.2, 0.25) is 21.5 Å². The minimum absolute atomic E-state index is 0.00761. The second-order valence-corrected chi connectivity index (χ2v) is 7.34. The quantitative estimate of drug-likeness (QED) is 0.805. The fourth-order valence-electron chi connectivity index (χ4n) is 2.51. The summed E-state index contributed by atoms with van der Waals surface area (Å²) in [6.45, 7) is 0.324. The molecule has 21 heavy (non-hydrogen) atoms. The Morgan fingerprint density at radius 3 is 2.67 bits per heavy atom. The van der Waals surface area contributed by atoms with Gasteiger partial charge in [-0.2, -0.15) is 4.31 Å². The van der Waals surface area contributed by atoms with Crippen LogP contribution in [0, 0.1) is 0 Å². The van der Waals surface area contributed by atoms with Crippen molar-refractivity contribution >= 4 is 15.9 Å². The third-order valence-corrected chi connectivity index (χ3v) is 5.70. The number of aromatic amines is 1. The van der Waals surface area contributed by atoms with E-state index in [-0.39, 0.29) is 22.4 Å². The van der Waals surface area contributed by atoms with Crippen LogP contribution < -0.4 is 10.9 Å². The number of hydrogen-bond acceptors (Lipinski definition) is 4. The van der Waals surface area contributed by atoms with Crippen LogP contribution in [0.15, 0.2) is 28.0 Å². The summed E-state index contributed by atoms with van der Waals surface area (Å²) in [5.74, 6) is -0.219. The monoisotopic (exact) mass is 311 g/mol. The molecule has 1 saturated heterocycles. The maximum absolute atomic E-state index is 12.6. The maximum Gasteiger partial charge on any atom is 0.247 e. The number of hydrogen-bond donors (Lipinski definition) is 2. The number of pyridine rings is 1. The Labute approximate surface area is 122 Å². The lowest BCUT2D eigenvalue weighted by molar-refractivity contribution is -0.124. The Kier molecular flexibility index (Phi) is 3.58. The highest BCUT2D eigenvalue weighted by Crippen LogP contribution is 2.27. The zero-order valence-electron chi connectivity index (χ0n) is 11.4. The van der Waals surface area contributed by atoms with Crippen molar-refractivity contribution in [2.45, 2.75) is 42.7 Å². The van der Waals surface area contributed by atoms with E-state index in [0.29, 0.717) is 19.4 Å². The van der Waals surface area contributed by atoms with Crippen LogP contribution in [0.1, 0.15) is 25.7 Å². The molecule has 1 aliphatic heterocycles. The minimum Gasteiger partial charge on any atom is -0.352 e. The first-order valence-electron chi connectivity index (χ1n) is 6.99. The first kappa shape index (κ1) is 14.3. The molecule has 0 spiro atoms. The predicted octanol–water partition coefficient (Wildman–Crippen LogP) is -0.193. The molecule has 1 aliphatic carbocycles. The summed E-state index contributed by atoms with van der Waals surface area (Å²) < 4.78 is 26.4. The van der Waals surface area contributed by atoms with E-state index in [0.717, 1.165) is 12.8 Å². The highest BCUT2D eigenvalue weighted by atomic mass is 32.2. The lowest BCUT2D eigenvalue weighted by Crippen LogP contribution is -2.46. The SMILES string of the molecule is O=C(NC1CC1)C1CCCN1S(=O)(=O)c1ccc(=O)[nH]c1. The highest BCUT2D eigenvalue weighted by Gasteiger charge is 2.40. The molecule has 7 nitrogen and oxygen atoms in total. The molecule has 1 amide bonds. The van der Waals surface area contributed by atoms with Gasteiger partial charge in [0.25, 0.3) is 0 Å². The Hall–Kier alpha value is -1.67. The summed E-state index contributed by atoms with van der Waals surface area (Å²) in [4.78, 5) is 25.6. The second kappa shape index (κ2) is 5.27. The number of nitrogens with one attached hydrogen (secondary N) is 2. The zero-order chi connectivity index (χ0) is 15.0. The third-order valence-electron chi connectivity index (χ3n) is 3.79. The van der Waals surface area contributed by atoms with Crippen LogP contribution in [-0.4, -0.2) is 42.2 Å². The van der Waals surface area contributed by atoms with Crippen LogP contribution in [0.3, 0.4) is 0 Å². The van der Waals surface area contributed by atoms with Crippen molar-refractivity contribution in [3.8, 4) is 0 Å². The van der Waals surface area contributed by atoms with Crippen LogP contribution in [0.4, 0.5) is 0 Å². The summed E-state index contributed by atoms with van der Waals surface area (Å²) in [7, 11) is -3.76. The molecule has 1 atom stereocenters. The summed E-state index contributed by atoms with van der Waals surface area (Å²) >= 11 is 0. The van der Waals surface area contributed by atoms with Gasteiger partial charge >= 0.3 is 0 Å². The van der Waals surface area contributed by atoms with Gasteiger partial charge in [0, 0.05) is 24.8 Å². The van der Waals surface area contributed by atoms with E-state index in [2.05, 4.69) is 10.3 Å². The van der Waals surface area contributed by atoms with Gasteiger partial charge in [0.1, 0.15) is 6.04 Å². The molecule has 2 aliphatic rings. The number of rotatable bonds is 4. The van der Waals surface area contributed by atoms with Gasteiger partial charge in [0.05, 0.1) is 4.90 Å². The second-order valence-electron chi connectivity index (χ2n) is 5.45. The Morgan fingerprint density at radius 1 is 1.29 bits per heavy atom. The van der Waals surface area contributed by atoms with Crippen molar-refractivity contribution in [2.75, 3.05) is 6.54 Å². The summed E-state index contributed by atoms with van der Waals surface area (Å²) in [6.07, 6.45) is 4.29. The van der Waals surface area contributed by atoms with Gasteiger partial charge in [0.15, 0.2) is 0 Å². The molecule has 1 aromatic rings. The van der Waals surface area contributed by atoms with Crippen LogP contribution in [0.2, 0.25) is 0 Å². The zero-order valence-corrected chi connectivity index (χ0v) is 12.2. The van der Waals surface area contributed by atoms with Crippen LogP contribution in [0.25, 0.3) is 0 Å². The third kappa shape index (κ3) is 2.86. The van der Waals surface area contributed by atoms with Crippen molar-refractivity contribution < 1.29 is 13.2 Å². The normalized spacial score (nSPS) is 23.1. The standard InChI is InChI=1S/C13H17N3O4S/c17-12-6-5-10(8-14-12)21(19,20)16-7-1-2-11(16)13(18)15-9-3-4-9/h5-6,8-9,11H,1-4,7H2,(H,14,17)(H,15,18). The van der Waals surface area contributed by atoms with Gasteiger partial charge in [-0.3, -0.25) is 9.59 Å². The Balaban J connectivity index is 1.84. The van der Waals surface area contributed by atoms with Crippen molar-refractivity contribution in [1.82, 2.24) is 14.6 Å². The number of H-pyrrole nitrogens is 1. The van der Waals surface area contributed by atoms with E-state index in [9.17, 15) is 18.0 Å². The van der Waals surface area contributed by atoms with E-state index >= 15 is 0 Å². The highest BCUT2D eigenvalue weighted by molar-refractivity contribution is 7.89. The molecule has 2 fully saturated rings. The predicted molar refractivity (Wildman–Crippen MR) is 75.1 cm³/mol. The van der Waals surface area contributed by atoms with Crippen molar-refractivity contribution in [3.05, 3.63) is 28.7 Å². The first-order chi connectivity index (χ1) is 9.98. The van der Waals surface area contributed by atoms with Crippen LogP contribution in [-0.2, 0) is 14.8 Å². The molecular formula is C13H17N3O4S. The molecule has 1 aromatic heterocycles. The minimum atomic E-state index is -3.76. The van der Waals surface area contributed by atoms with E-state index in [1.54, 1.807) is 0 Å². The van der Waals surface area contributed by atoms with E-state index < -0.39 is 16.1 Å². The summed E-state index contributed by atoms with van der Waals surface area (Å²) in [5.41, 5.74) is -0.363.